The molecular formula is C40H41N5O5. The highest BCUT2D eigenvalue weighted by molar-refractivity contribution is 6.21. The van der Waals surface area contributed by atoms with E-state index in [0.29, 0.717) is 39.3 Å². The lowest BCUT2D eigenvalue weighted by Crippen LogP contribution is -2.52. The molecule has 0 radical (unpaired) electrons. The van der Waals surface area contributed by atoms with Crippen LogP contribution in [0.3, 0.4) is 0 Å². The number of hydrogen-bond acceptors (Lipinski definition) is 6. The van der Waals surface area contributed by atoms with E-state index in [1.807, 2.05) is 75.4 Å². The summed E-state index contributed by atoms with van der Waals surface area (Å²) < 4.78 is 6.81. The van der Waals surface area contributed by atoms with Crippen LogP contribution in [0, 0.1) is 5.92 Å². The second-order valence-electron chi connectivity index (χ2n) is 14.3. The molecule has 10 heteroatoms. The minimum atomic E-state index is -1.29. The molecule has 1 atom stereocenters. The van der Waals surface area contributed by atoms with Crippen molar-refractivity contribution < 1.29 is 23.9 Å². The average Bonchev–Trinajstić information content (AvgIpc) is 3.41. The summed E-state index contributed by atoms with van der Waals surface area (Å²) in [5.74, 6) is -2.63. The first kappa shape index (κ1) is 34.1. The molecule has 0 saturated heterocycles. The maximum Gasteiger partial charge on any atom is 0.435 e. The number of ether oxygens (including phenoxy) is 1. The summed E-state index contributed by atoms with van der Waals surface area (Å²) in [7, 11) is 0. The van der Waals surface area contributed by atoms with Gasteiger partial charge in [0, 0.05) is 28.7 Å². The fourth-order valence-electron chi connectivity index (χ4n) is 6.36. The van der Waals surface area contributed by atoms with Crippen LogP contribution in [0.1, 0.15) is 47.2 Å². The molecule has 4 aromatic carbocycles. The first-order valence-electron chi connectivity index (χ1n) is 16.6. The highest BCUT2D eigenvalue weighted by atomic mass is 16.6. The highest BCUT2D eigenvalue weighted by Crippen LogP contribution is 2.40. The van der Waals surface area contributed by atoms with Gasteiger partial charge in [-0.2, -0.15) is 9.78 Å². The van der Waals surface area contributed by atoms with Gasteiger partial charge in [-0.3, -0.25) is 19.3 Å². The van der Waals surface area contributed by atoms with Gasteiger partial charge in [0.2, 0.25) is 17.7 Å². The van der Waals surface area contributed by atoms with E-state index in [-0.39, 0.29) is 18.9 Å². The maximum atomic E-state index is 14.9. The van der Waals surface area contributed by atoms with Crippen molar-refractivity contribution in [2.75, 3.05) is 21.2 Å². The molecule has 0 fully saturated rings. The van der Waals surface area contributed by atoms with Crippen molar-refractivity contribution >= 4 is 57.5 Å². The molecule has 10 nitrogen and oxygen atoms in total. The first-order chi connectivity index (χ1) is 23.7. The van der Waals surface area contributed by atoms with E-state index >= 15 is 0 Å². The van der Waals surface area contributed by atoms with Crippen LogP contribution >= 0.6 is 0 Å². The lowest BCUT2D eigenvalue weighted by molar-refractivity contribution is -0.132. The van der Waals surface area contributed by atoms with Crippen LogP contribution in [0.5, 0.6) is 0 Å². The van der Waals surface area contributed by atoms with E-state index < -0.39 is 35.0 Å². The van der Waals surface area contributed by atoms with Crippen LogP contribution in [-0.4, -0.2) is 51.3 Å². The van der Waals surface area contributed by atoms with Crippen molar-refractivity contribution in [3.63, 3.8) is 0 Å². The summed E-state index contributed by atoms with van der Waals surface area (Å²) in [5.41, 5.74) is 1.64. The number of carbonyl (C=O) groups excluding carboxylic acids is 4. The van der Waals surface area contributed by atoms with Crippen LogP contribution in [-0.2, 0) is 25.5 Å². The van der Waals surface area contributed by atoms with Gasteiger partial charge in [0.15, 0.2) is 0 Å². The molecule has 0 spiro atoms. The summed E-state index contributed by atoms with van der Waals surface area (Å²) in [4.78, 5) is 61.9. The summed E-state index contributed by atoms with van der Waals surface area (Å²) in [6.07, 6.45) is -0.801. The molecule has 0 aliphatic carbocycles. The Morgan fingerprint density at radius 3 is 1.96 bits per heavy atom. The number of carbonyl (C=O) groups is 4. The number of amides is 3. The number of rotatable bonds is 6. The first-order valence-corrected chi connectivity index (χ1v) is 16.6. The van der Waals surface area contributed by atoms with E-state index in [2.05, 4.69) is 5.10 Å². The van der Waals surface area contributed by atoms with Crippen molar-refractivity contribution in [3.05, 3.63) is 115 Å². The topological polar surface area (TPSA) is 105 Å². The van der Waals surface area contributed by atoms with E-state index in [1.54, 1.807) is 80.3 Å². The van der Waals surface area contributed by atoms with E-state index in [9.17, 15) is 19.2 Å². The summed E-state index contributed by atoms with van der Waals surface area (Å²) in [6.45, 7) is 10.8. The number of anilines is 4. The number of fused-ring (bicyclic) bond motifs is 2. The van der Waals surface area contributed by atoms with Crippen LogP contribution in [0.4, 0.5) is 27.5 Å². The predicted molar refractivity (Wildman–Crippen MR) is 195 cm³/mol. The Bertz CT molecular complexity index is 2060. The molecule has 1 aliphatic heterocycles. The van der Waals surface area contributed by atoms with Crippen molar-refractivity contribution in [2.45, 2.75) is 59.1 Å². The molecular weight excluding hydrogens is 630 g/mol. The number of nitrogens with zero attached hydrogens (tertiary/aromatic N) is 5. The average molecular weight is 672 g/mol. The van der Waals surface area contributed by atoms with Crippen molar-refractivity contribution in [1.82, 2.24) is 9.78 Å². The summed E-state index contributed by atoms with van der Waals surface area (Å²) in [5, 5.41) is 5.23. The van der Waals surface area contributed by atoms with Crippen molar-refractivity contribution in [1.29, 1.82) is 0 Å². The zero-order valence-corrected chi connectivity index (χ0v) is 29.2. The second kappa shape index (κ2) is 13.3. The maximum absolute atomic E-state index is 14.9. The Morgan fingerprint density at radius 2 is 1.32 bits per heavy atom. The molecule has 1 aliphatic rings. The number of hydrogen-bond donors (Lipinski definition) is 0. The Balaban J connectivity index is 1.48. The van der Waals surface area contributed by atoms with Crippen molar-refractivity contribution in [2.24, 2.45) is 5.92 Å². The Morgan fingerprint density at radius 1 is 0.740 bits per heavy atom. The normalized spacial score (nSPS) is 15.1. The van der Waals surface area contributed by atoms with Gasteiger partial charge in [0.25, 0.3) is 0 Å². The van der Waals surface area contributed by atoms with Gasteiger partial charge in [-0.25, -0.2) is 4.79 Å². The third kappa shape index (κ3) is 6.74. The van der Waals surface area contributed by atoms with Crippen molar-refractivity contribution in [3.8, 4) is 0 Å². The lowest BCUT2D eigenvalue weighted by Gasteiger charge is -2.37. The minimum Gasteiger partial charge on any atom is -0.442 e. The molecule has 1 aromatic heterocycles. The molecule has 0 N–H and O–H groups in total. The zero-order valence-electron chi connectivity index (χ0n) is 29.2. The molecule has 0 bridgehead atoms. The van der Waals surface area contributed by atoms with Gasteiger partial charge in [-0.05, 0) is 84.0 Å². The molecule has 5 aromatic rings. The molecule has 3 amide bonds. The van der Waals surface area contributed by atoms with E-state index in [4.69, 9.17) is 4.74 Å². The van der Waals surface area contributed by atoms with Gasteiger partial charge in [-0.15, -0.1) is 0 Å². The fraction of sp³-hybridized carbons (Fsp3) is 0.275. The van der Waals surface area contributed by atoms with Gasteiger partial charge in [0.1, 0.15) is 18.1 Å². The fourth-order valence-corrected chi connectivity index (χ4v) is 6.36. The number of aromatic nitrogens is 2. The minimum absolute atomic E-state index is 0.127. The number of benzene rings is 4. The van der Waals surface area contributed by atoms with Gasteiger partial charge in [0.05, 0.1) is 22.6 Å². The summed E-state index contributed by atoms with van der Waals surface area (Å²) >= 11 is 0. The van der Waals surface area contributed by atoms with Gasteiger partial charge < -0.3 is 14.5 Å². The Kier molecular flexibility index (Phi) is 9.05. The molecule has 6 rings (SSSR count). The lowest BCUT2D eigenvalue weighted by atomic mass is 9.97. The third-order valence-corrected chi connectivity index (χ3v) is 8.37. The molecule has 2 heterocycles. The SMILES string of the molecule is CC(C)(C)OC(=O)n1nc(CC2C(=O)N(CC(=O)N(c3ccccc3)C(C)(C)C)c3ccccc3N(c3ccccc3)C2=O)c2ccccc21. The Labute approximate surface area is 291 Å². The van der Waals surface area contributed by atoms with Crippen LogP contribution < -0.4 is 14.7 Å². The number of para-hydroxylation sites is 5. The zero-order chi connectivity index (χ0) is 35.8. The van der Waals surface area contributed by atoms with Gasteiger partial charge in [-0.1, -0.05) is 66.7 Å². The van der Waals surface area contributed by atoms with Crippen LogP contribution in [0.25, 0.3) is 10.9 Å². The van der Waals surface area contributed by atoms with Gasteiger partial charge >= 0.3 is 6.09 Å². The largest absolute Gasteiger partial charge is 0.442 e. The third-order valence-electron chi connectivity index (χ3n) is 8.37. The smallest absolute Gasteiger partial charge is 0.435 e. The molecule has 1 unspecified atom stereocenters. The second-order valence-corrected chi connectivity index (χ2v) is 14.3. The quantitative estimate of drug-likeness (QED) is 0.173. The highest BCUT2D eigenvalue weighted by Gasteiger charge is 2.43. The monoisotopic (exact) mass is 671 g/mol. The predicted octanol–water partition coefficient (Wildman–Crippen LogP) is 7.52. The standard InChI is InChI=1S/C40H41N5O5/c1-39(2,3)44(28-19-11-8-12-20-28)35(46)26-42-33-23-15-16-24-34(33)43(27-17-9-7-10-18-27)37(48)30(36(42)47)25-31-29-21-13-14-22-32(29)45(41-31)38(49)50-40(4,5)6/h7-24,30H,25-26H2,1-6H3. The summed E-state index contributed by atoms with van der Waals surface area (Å²) in [6, 6.07) is 32.7. The molecule has 256 valence electrons. The van der Waals surface area contributed by atoms with E-state index in [1.165, 1.54) is 14.5 Å². The molecule has 0 saturated carbocycles. The van der Waals surface area contributed by atoms with Crippen LogP contribution in [0.2, 0.25) is 0 Å². The molecule has 50 heavy (non-hydrogen) atoms. The van der Waals surface area contributed by atoms with Crippen LogP contribution in [0.15, 0.2) is 109 Å². The Hall–Kier alpha value is -5.77. The van der Waals surface area contributed by atoms with E-state index in [0.717, 1.165) is 0 Å².